The fraction of sp³-hybridized carbons (Fsp3) is 0.611. The van der Waals surface area contributed by atoms with Gasteiger partial charge in [0.05, 0.1) is 33.3 Å². The number of fused-ring (bicyclic) bond motifs is 2. The summed E-state index contributed by atoms with van der Waals surface area (Å²) in [5.41, 5.74) is 0. The van der Waals surface area contributed by atoms with Crippen LogP contribution in [-0.2, 0) is 76.1 Å². The molecule has 5 rings (SSSR count). The molecule has 0 saturated carbocycles. The summed E-state index contributed by atoms with van der Waals surface area (Å²) >= 11 is 0.914. The van der Waals surface area contributed by atoms with Crippen LogP contribution in [0.5, 0.6) is 0 Å². The van der Waals surface area contributed by atoms with Gasteiger partial charge in [0.25, 0.3) is 5.79 Å². The van der Waals surface area contributed by atoms with E-state index in [1.54, 1.807) is 30.3 Å². The first-order chi connectivity index (χ1) is 27.8. The molecule has 0 aromatic heterocycles. The van der Waals surface area contributed by atoms with Gasteiger partial charge in [0, 0.05) is 39.0 Å². The third-order valence-electron chi connectivity index (χ3n) is 9.69. The molecular formula is C36H44N2O20S. The number of aliphatic hydroxyl groups excluding tert-OH is 2. The van der Waals surface area contributed by atoms with E-state index in [1.165, 1.54) is 0 Å². The summed E-state index contributed by atoms with van der Waals surface area (Å²) in [5, 5.41) is 25.7. The van der Waals surface area contributed by atoms with Crippen molar-refractivity contribution in [3.8, 4) is 0 Å². The van der Waals surface area contributed by atoms with Crippen LogP contribution in [0.4, 0.5) is 9.59 Å². The van der Waals surface area contributed by atoms with E-state index in [2.05, 4.69) is 5.32 Å². The Labute approximate surface area is 340 Å². The van der Waals surface area contributed by atoms with Crippen LogP contribution >= 0.6 is 11.8 Å². The van der Waals surface area contributed by atoms with Crippen LogP contribution in [-0.4, -0.2) is 162 Å². The molecule has 0 aliphatic carbocycles. The van der Waals surface area contributed by atoms with Crippen molar-refractivity contribution >= 4 is 59.7 Å². The third-order valence-corrected chi connectivity index (χ3v) is 11.0. The fourth-order valence-corrected chi connectivity index (χ4v) is 8.54. The number of rotatable bonds is 15. The predicted octanol–water partition coefficient (Wildman–Crippen LogP) is -0.527. The molecule has 4 saturated heterocycles. The number of ether oxygens (including phenoxy) is 10. The first-order valence-electron chi connectivity index (χ1n) is 18.1. The van der Waals surface area contributed by atoms with E-state index in [4.69, 9.17) is 47.4 Å². The topological polar surface area (TPSA) is 285 Å². The van der Waals surface area contributed by atoms with Gasteiger partial charge in [-0.05, 0) is 12.1 Å². The van der Waals surface area contributed by atoms with Gasteiger partial charge in [0.15, 0.2) is 12.2 Å². The molecule has 22 nitrogen and oxygen atoms in total. The van der Waals surface area contributed by atoms with Crippen LogP contribution in [0.25, 0.3) is 0 Å². The number of thioether (sulfide) groups is 1. The minimum atomic E-state index is -2.70. The Bertz CT molecular complexity index is 1800. The van der Waals surface area contributed by atoms with Gasteiger partial charge in [0.2, 0.25) is 10.8 Å². The van der Waals surface area contributed by atoms with Crippen molar-refractivity contribution in [3.63, 3.8) is 0 Å². The van der Waals surface area contributed by atoms with Crippen LogP contribution in [0.2, 0.25) is 0 Å². The predicted molar refractivity (Wildman–Crippen MR) is 190 cm³/mol. The molecule has 4 aliphatic heterocycles. The Morgan fingerprint density at radius 3 is 2.10 bits per heavy atom. The second-order valence-corrected chi connectivity index (χ2v) is 15.1. The smallest absolute Gasteiger partial charge is 0.417 e. The summed E-state index contributed by atoms with van der Waals surface area (Å²) < 4.78 is 55.2. The molecule has 59 heavy (non-hydrogen) atoms. The van der Waals surface area contributed by atoms with E-state index in [9.17, 15) is 48.6 Å². The lowest BCUT2D eigenvalue weighted by Gasteiger charge is -2.47. The number of nitrogens with zero attached hydrogens (tertiary/aromatic N) is 1. The number of hydrogen-bond donors (Lipinski definition) is 3. The third kappa shape index (κ3) is 9.71. The van der Waals surface area contributed by atoms with Crippen LogP contribution in [0.15, 0.2) is 35.2 Å². The number of hydrogen-bond acceptors (Lipinski definition) is 21. The molecule has 4 heterocycles. The highest BCUT2D eigenvalue weighted by atomic mass is 32.2. The van der Waals surface area contributed by atoms with E-state index >= 15 is 0 Å². The summed E-state index contributed by atoms with van der Waals surface area (Å²) in [4.78, 5) is 101. The van der Waals surface area contributed by atoms with Gasteiger partial charge in [-0.25, -0.2) is 24.1 Å². The SMILES string of the molecule is COC(=O)[C@@]1(OC[C@@H](O)[C@@H](O)[C@@H]2O[C@](Sc3ccccc3)(C(=O)OC)C[C@@H]3OC(=O)N[C@@H]23)C[C@@H]2OC(=O)N(C(C)=O)[C@H]2[C@H]([C@H](OC(C)=O)[C@@H](COC(C)=O)OC(C)=O)O1. The molecule has 3 N–H and O–H groups in total. The highest BCUT2D eigenvalue weighted by Gasteiger charge is 2.65. The fourth-order valence-electron chi connectivity index (χ4n) is 7.30. The standard InChI is InChI=1S/C36H44N2O20S/c1-16(39)38-26-23(56-34(38)48)12-35(31(45)49-5,57-30(26)28(54-19(4)42)24(53-18(3)41)15-51-17(2)40)52-14-21(43)27(44)29-25-22(55-33(47)37-25)13-36(58-29,32(46)50-6)59-20-10-8-7-9-11-20/h7-11,21-30,43-44H,12-15H2,1-6H3,(H,37,47)/t21-,22+,23+,24-,25-,26-,27-,28-,29-,30-,35-,36-/m1/s1. The van der Waals surface area contributed by atoms with Crippen LogP contribution < -0.4 is 5.32 Å². The van der Waals surface area contributed by atoms with Crippen LogP contribution in [0.1, 0.15) is 40.5 Å². The maximum atomic E-state index is 13.7. The second-order valence-electron chi connectivity index (χ2n) is 13.8. The number of amides is 3. The lowest BCUT2D eigenvalue weighted by Crippen LogP contribution is -2.67. The van der Waals surface area contributed by atoms with Gasteiger partial charge in [-0.3, -0.25) is 19.2 Å². The summed E-state index contributed by atoms with van der Waals surface area (Å²) in [6, 6.07) is 5.89. The Kier molecular flexibility index (Phi) is 14.1. The molecule has 23 heteroatoms. The first kappa shape index (κ1) is 45.0. The number of benzene rings is 1. The molecule has 4 fully saturated rings. The average molecular weight is 857 g/mol. The minimum absolute atomic E-state index is 0.229. The highest BCUT2D eigenvalue weighted by molar-refractivity contribution is 8.01. The zero-order valence-corrected chi connectivity index (χ0v) is 33.4. The lowest BCUT2D eigenvalue weighted by molar-refractivity contribution is -0.318. The summed E-state index contributed by atoms with van der Waals surface area (Å²) in [6.07, 6.45) is -16.6. The van der Waals surface area contributed by atoms with E-state index in [0.29, 0.717) is 9.80 Å². The van der Waals surface area contributed by atoms with Crippen LogP contribution in [0, 0.1) is 0 Å². The van der Waals surface area contributed by atoms with Gasteiger partial charge in [-0.1, -0.05) is 30.0 Å². The number of nitrogens with one attached hydrogen (secondary N) is 1. The quantitative estimate of drug-likeness (QED) is 0.148. The molecular weight excluding hydrogens is 812 g/mol. The molecule has 0 radical (unpaired) electrons. The Hall–Kier alpha value is -5.07. The zero-order valence-electron chi connectivity index (χ0n) is 32.6. The molecule has 324 valence electrons. The average Bonchev–Trinajstić information content (AvgIpc) is 3.73. The Morgan fingerprint density at radius 2 is 1.51 bits per heavy atom. The van der Waals surface area contributed by atoms with E-state index in [0.717, 1.165) is 53.7 Å². The van der Waals surface area contributed by atoms with E-state index in [-0.39, 0.29) is 6.42 Å². The van der Waals surface area contributed by atoms with E-state index < -0.39 is 139 Å². The molecule has 1 aromatic carbocycles. The molecule has 0 bridgehead atoms. The largest absolute Gasteiger partial charge is 0.466 e. The Balaban J connectivity index is 1.50. The number of aliphatic hydroxyl groups is 2. The summed E-state index contributed by atoms with van der Waals surface area (Å²) in [5.74, 6) is -8.56. The zero-order chi connectivity index (χ0) is 43.4. The molecule has 3 amide bonds. The van der Waals surface area contributed by atoms with Gasteiger partial charge in [-0.15, -0.1) is 0 Å². The van der Waals surface area contributed by atoms with Crippen molar-refractivity contribution in [1.82, 2.24) is 10.2 Å². The number of carbonyl (C=O) groups is 8. The molecule has 0 unspecified atom stereocenters. The van der Waals surface area contributed by atoms with Crippen molar-refractivity contribution in [3.05, 3.63) is 30.3 Å². The normalized spacial score (nSPS) is 30.4. The second kappa shape index (κ2) is 18.5. The maximum Gasteiger partial charge on any atom is 0.417 e. The lowest BCUT2D eigenvalue weighted by atomic mass is 9.87. The molecule has 1 aromatic rings. The van der Waals surface area contributed by atoms with Gasteiger partial charge < -0.3 is 62.9 Å². The Morgan fingerprint density at radius 1 is 0.847 bits per heavy atom. The number of methoxy groups -OCH3 is 2. The molecule has 4 aliphatic rings. The van der Waals surface area contributed by atoms with Gasteiger partial charge in [0.1, 0.15) is 49.3 Å². The van der Waals surface area contributed by atoms with Crippen molar-refractivity contribution in [1.29, 1.82) is 0 Å². The van der Waals surface area contributed by atoms with Gasteiger partial charge >= 0.3 is 42.0 Å². The summed E-state index contributed by atoms with van der Waals surface area (Å²) in [6.45, 7) is 2.27. The molecule has 12 atom stereocenters. The number of carbonyl (C=O) groups excluding carboxylic acids is 8. The highest BCUT2D eigenvalue weighted by Crippen LogP contribution is 2.47. The molecule has 0 spiro atoms. The van der Waals surface area contributed by atoms with Crippen molar-refractivity contribution in [2.45, 2.75) is 117 Å². The van der Waals surface area contributed by atoms with E-state index in [1.807, 2.05) is 0 Å². The van der Waals surface area contributed by atoms with Crippen molar-refractivity contribution in [2.75, 3.05) is 27.4 Å². The monoisotopic (exact) mass is 856 g/mol. The van der Waals surface area contributed by atoms with Crippen molar-refractivity contribution < 1.29 is 95.9 Å². The van der Waals surface area contributed by atoms with Crippen molar-refractivity contribution in [2.24, 2.45) is 0 Å². The number of esters is 5. The minimum Gasteiger partial charge on any atom is -0.466 e. The summed E-state index contributed by atoms with van der Waals surface area (Å²) in [7, 11) is 2.05. The van der Waals surface area contributed by atoms with Crippen LogP contribution in [0.3, 0.4) is 0 Å². The number of imide groups is 1. The number of alkyl carbamates (subject to hydrolysis) is 1. The maximum absolute atomic E-state index is 13.7. The first-order valence-corrected chi connectivity index (χ1v) is 18.9. The van der Waals surface area contributed by atoms with Gasteiger partial charge in [-0.2, -0.15) is 0 Å².